The number of rotatable bonds is 6. The number of aryl methyl sites for hydroxylation is 1. The van der Waals surface area contributed by atoms with Gasteiger partial charge in [0.2, 0.25) is 0 Å². The van der Waals surface area contributed by atoms with E-state index in [1.807, 2.05) is 0 Å². The second kappa shape index (κ2) is 9.00. The quantitative estimate of drug-likeness (QED) is 0.610. The van der Waals surface area contributed by atoms with Crippen LogP contribution in [0.2, 0.25) is 0 Å². The van der Waals surface area contributed by atoms with Gasteiger partial charge in [0, 0.05) is 22.8 Å². The summed E-state index contributed by atoms with van der Waals surface area (Å²) in [5.41, 5.74) is 2.30. The van der Waals surface area contributed by atoms with Crippen molar-refractivity contribution in [1.29, 1.82) is 0 Å². The van der Waals surface area contributed by atoms with Gasteiger partial charge in [0.25, 0.3) is 5.91 Å². The molecule has 0 aliphatic heterocycles. The Bertz CT molecular complexity index is 534. The number of hydrogen-bond donors (Lipinski definition) is 1. The van der Waals surface area contributed by atoms with Gasteiger partial charge in [0.15, 0.2) is 0 Å². The Labute approximate surface area is 150 Å². The van der Waals surface area contributed by atoms with Crippen LogP contribution in [0.4, 0.5) is 0 Å². The molecule has 0 bridgehead atoms. The van der Waals surface area contributed by atoms with E-state index in [4.69, 9.17) is 0 Å². The molecule has 1 fully saturated rings. The zero-order valence-electron chi connectivity index (χ0n) is 15.1. The van der Waals surface area contributed by atoms with Gasteiger partial charge in [-0.2, -0.15) is 0 Å². The van der Waals surface area contributed by atoms with E-state index in [2.05, 4.69) is 22.6 Å². The number of nitrogens with one attached hydrogen (secondary N) is 1. The van der Waals surface area contributed by atoms with Crippen LogP contribution in [-0.2, 0) is 12.8 Å². The van der Waals surface area contributed by atoms with Crippen LogP contribution in [0.3, 0.4) is 0 Å². The normalized spacial score (nSPS) is 19.1. The van der Waals surface area contributed by atoms with E-state index >= 15 is 0 Å². The van der Waals surface area contributed by atoms with E-state index in [0.29, 0.717) is 0 Å². The van der Waals surface area contributed by atoms with Crippen LogP contribution in [0.5, 0.6) is 0 Å². The molecule has 1 saturated carbocycles. The average Bonchev–Trinajstić information content (AvgIpc) is 2.88. The smallest absolute Gasteiger partial charge is 0.252 e. The van der Waals surface area contributed by atoms with E-state index in [0.717, 1.165) is 37.5 Å². The highest BCUT2D eigenvalue weighted by atomic mass is 32.1. The van der Waals surface area contributed by atoms with Crippen LogP contribution < -0.4 is 5.32 Å². The number of carbonyl (C=O) groups is 1. The highest BCUT2D eigenvalue weighted by Gasteiger charge is 2.20. The van der Waals surface area contributed by atoms with Gasteiger partial charge in [0.1, 0.15) is 0 Å². The highest BCUT2D eigenvalue weighted by molar-refractivity contribution is 7.10. The molecule has 1 heterocycles. The SMILES string of the molecule is CN(CCCNC(=O)c1csc2c1CCCCC2)C1CCCCC1. The zero-order chi connectivity index (χ0) is 16.8. The van der Waals surface area contributed by atoms with E-state index in [1.54, 1.807) is 11.3 Å². The number of nitrogens with zero attached hydrogens (tertiary/aromatic N) is 1. The lowest BCUT2D eigenvalue weighted by molar-refractivity contribution is 0.0950. The topological polar surface area (TPSA) is 32.3 Å². The summed E-state index contributed by atoms with van der Waals surface area (Å²) in [5.74, 6) is 0.148. The van der Waals surface area contributed by atoms with Crippen LogP contribution in [0.1, 0.15) is 78.6 Å². The average molecular weight is 349 g/mol. The summed E-state index contributed by atoms with van der Waals surface area (Å²) >= 11 is 1.79. The molecule has 0 aromatic carbocycles. The van der Waals surface area contributed by atoms with Crippen molar-refractivity contribution in [3.05, 3.63) is 21.4 Å². The maximum Gasteiger partial charge on any atom is 0.252 e. The molecule has 0 unspecified atom stereocenters. The Hall–Kier alpha value is -0.870. The molecule has 0 radical (unpaired) electrons. The maximum absolute atomic E-state index is 12.5. The molecule has 0 atom stereocenters. The number of carbonyl (C=O) groups excluding carboxylic acids is 1. The summed E-state index contributed by atoms with van der Waals surface area (Å²) in [5, 5.41) is 5.24. The van der Waals surface area contributed by atoms with Crippen molar-refractivity contribution in [3.8, 4) is 0 Å². The first-order valence-corrected chi connectivity index (χ1v) is 10.7. The van der Waals surface area contributed by atoms with Gasteiger partial charge in [-0.15, -0.1) is 11.3 Å². The lowest BCUT2D eigenvalue weighted by atomic mass is 9.94. The summed E-state index contributed by atoms with van der Waals surface area (Å²) < 4.78 is 0. The van der Waals surface area contributed by atoms with Gasteiger partial charge in [-0.1, -0.05) is 25.7 Å². The maximum atomic E-state index is 12.5. The van der Waals surface area contributed by atoms with Crippen molar-refractivity contribution >= 4 is 17.2 Å². The van der Waals surface area contributed by atoms with Gasteiger partial charge in [-0.3, -0.25) is 4.79 Å². The second-order valence-electron chi connectivity index (χ2n) is 7.49. The zero-order valence-corrected chi connectivity index (χ0v) is 15.9. The molecular weight excluding hydrogens is 316 g/mol. The third-order valence-electron chi connectivity index (χ3n) is 5.73. The fourth-order valence-corrected chi connectivity index (χ4v) is 5.32. The van der Waals surface area contributed by atoms with E-state index < -0.39 is 0 Å². The van der Waals surface area contributed by atoms with Crippen molar-refractivity contribution in [2.45, 2.75) is 76.7 Å². The lowest BCUT2D eigenvalue weighted by Crippen LogP contribution is -2.35. The molecule has 24 heavy (non-hydrogen) atoms. The number of hydrogen-bond acceptors (Lipinski definition) is 3. The van der Waals surface area contributed by atoms with Gasteiger partial charge in [-0.25, -0.2) is 0 Å². The molecular formula is C20H32N2OS. The molecule has 3 nitrogen and oxygen atoms in total. The van der Waals surface area contributed by atoms with Crippen LogP contribution in [0, 0.1) is 0 Å². The van der Waals surface area contributed by atoms with Crippen LogP contribution >= 0.6 is 11.3 Å². The summed E-state index contributed by atoms with van der Waals surface area (Å²) in [6.45, 7) is 1.88. The monoisotopic (exact) mass is 348 g/mol. The predicted molar refractivity (Wildman–Crippen MR) is 102 cm³/mol. The molecule has 1 aromatic heterocycles. The minimum Gasteiger partial charge on any atom is -0.352 e. The van der Waals surface area contributed by atoms with Gasteiger partial charge >= 0.3 is 0 Å². The van der Waals surface area contributed by atoms with E-state index in [9.17, 15) is 4.79 Å². The molecule has 4 heteroatoms. The second-order valence-corrected chi connectivity index (χ2v) is 8.46. The Morgan fingerprint density at radius 3 is 2.75 bits per heavy atom. The molecule has 1 amide bonds. The fraction of sp³-hybridized carbons (Fsp3) is 0.750. The molecule has 3 rings (SSSR count). The Kier molecular flexibility index (Phi) is 6.73. The van der Waals surface area contributed by atoms with Gasteiger partial charge in [0.05, 0.1) is 5.56 Å². The number of thiophene rings is 1. The Balaban J connectivity index is 1.42. The summed E-state index contributed by atoms with van der Waals surface area (Å²) in [6.07, 6.45) is 14.0. The van der Waals surface area contributed by atoms with Crippen molar-refractivity contribution in [3.63, 3.8) is 0 Å². The highest BCUT2D eigenvalue weighted by Crippen LogP contribution is 2.29. The first kappa shape index (κ1) is 17.9. The Morgan fingerprint density at radius 1 is 1.17 bits per heavy atom. The third-order valence-corrected chi connectivity index (χ3v) is 6.82. The van der Waals surface area contributed by atoms with Crippen LogP contribution in [0.15, 0.2) is 5.38 Å². The van der Waals surface area contributed by atoms with E-state index in [1.165, 1.54) is 68.2 Å². The van der Waals surface area contributed by atoms with Crippen molar-refractivity contribution in [2.75, 3.05) is 20.1 Å². The first-order chi connectivity index (χ1) is 11.8. The van der Waals surface area contributed by atoms with Crippen LogP contribution in [-0.4, -0.2) is 37.0 Å². The fourth-order valence-electron chi connectivity index (χ4n) is 4.19. The first-order valence-electron chi connectivity index (χ1n) is 9.83. The molecule has 1 N–H and O–H groups in total. The summed E-state index contributed by atoms with van der Waals surface area (Å²) in [4.78, 5) is 16.5. The van der Waals surface area contributed by atoms with Crippen LogP contribution in [0.25, 0.3) is 0 Å². The molecule has 1 aromatic rings. The standard InChI is InChI=1S/C20H32N2OS/c1-22(16-9-4-2-5-10-16)14-8-13-21-20(23)18-15-24-19-12-7-3-6-11-17(18)19/h15-16H,2-14H2,1H3,(H,21,23). The number of fused-ring (bicyclic) bond motifs is 1. The van der Waals surface area contributed by atoms with Gasteiger partial charge < -0.3 is 10.2 Å². The largest absolute Gasteiger partial charge is 0.352 e. The van der Waals surface area contributed by atoms with Crippen molar-refractivity contribution in [2.24, 2.45) is 0 Å². The lowest BCUT2D eigenvalue weighted by Gasteiger charge is -2.31. The van der Waals surface area contributed by atoms with E-state index in [-0.39, 0.29) is 5.91 Å². The molecule has 2 aliphatic carbocycles. The molecule has 0 spiro atoms. The summed E-state index contributed by atoms with van der Waals surface area (Å²) in [6, 6.07) is 0.766. The molecule has 0 saturated heterocycles. The number of amides is 1. The van der Waals surface area contributed by atoms with Gasteiger partial charge in [-0.05, 0) is 64.1 Å². The van der Waals surface area contributed by atoms with Crippen molar-refractivity contribution in [1.82, 2.24) is 10.2 Å². The third kappa shape index (κ3) is 4.60. The predicted octanol–water partition coefficient (Wildman–Crippen LogP) is 4.40. The van der Waals surface area contributed by atoms with Crippen molar-refractivity contribution < 1.29 is 4.79 Å². The molecule has 2 aliphatic rings. The summed E-state index contributed by atoms with van der Waals surface area (Å²) in [7, 11) is 2.25. The molecule has 134 valence electrons. The minimum atomic E-state index is 0.148. The Morgan fingerprint density at radius 2 is 1.92 bits per heavy atom. The minimum absolute atomic E-state index is 0.148.